The van der Waals surface area contributed by atoms with E-state index in [4.69, 9.17) is 10.5 Å². The lowest BCUT2D eigenvalue weighted by molar-refractivity contribution is -0.116. The molecule has 2 aliphatic rings. The maximum absolute atomic E-state index is 6.04. The molecule has 2 fully saturated rings. The van der Waals surface area contributed by atoms with Gasteiger partial charge in [0.15, 0.2) is 0 Å². The third-order valence-corrected chi connectivity index (χ3v) is 4.06. The third-order valence-electron chi connectivity index (χ3n) is 4.06. The summed E-state index contributed by atoms with van der Waals surface area (Å²) < 4.78 is 6.00. The monoisotopic (exact) mass is 197 g/mol. The molecule has 0 bridgehead atoms. The molecule has 0 aromatic heterocycles. The van der Waals surface area contributed by atoms with Crippen LogP contribution in [0, 0.1) is 5.92 Å². The summed E-state index contributed by atoms with van der Waals surface area (Å²) in [5, 5.41) is 0. The first-order valence-corrected chi connectivity index (χ1v) is 6.10. The van der Waals surface area contributed by atoms with Crippen LogP contribution in [0.5, 0.6) is 0 Å². The van der Waals surface area contributed by atoms with Crippen molar-refractivity contribution in [3.8, 4) is 0 Å². The van der Waals surface area contributed by atoms with Crippen LogP contribution in [0.15, 0.2) is 0 Å². The molecule has 0 radical (unpaired) electrons. The molecule has 2 N–H and O–H groups in total. The molecule has 2 nitrogen and oxygen atoms in total. The van der Waals surface area contributed by atoms with E-state index in [0.717, 1.165) is 25.4 Å². The summed E-state index contributed by atoms with van der Waals surface area (Å²) in [5.41, 5.74) is 6.13. The van der Waals surface area contributed by atoms with Crippen molar-refractivity contribution in [2.75, 3.05) is 6.61 Å². The van der Waals surface area contributed by atoms with Gasteiger partial charge in [0.1, 0.15) is 0 Å². The molecular weight excluding hydrogens is 174 g/mol. The smallest absolute Gasteiger partial charge is 0.0697 e. The summed E-state index contributed by atoms with van der Waals surface area (Å²) in [7, 11) is 0. The lowest BCUT2D eigenvalue weighted by Gasteiger charge is -2.44. The van der Waals surface area contributed by atoms with E-state index >= 15 is 0 Å². The van der Waals surface area contributed by atoms with E-state index in [0.29, 0.717) is 6.04 Å². The van der Waals surface area contributed by atoms with Crippen molar-refractivity contribution in [1.82, 2.24) is 0 Å². The standard InChI is InChI=1S/C12H23NO/c1-12(9-11(13)7-8-14-12)10-5-3-2-4-6-10/h10-11H,2-9,13H2,1H3. The van der Waals surface area contributed by atoms with Gasteiger partial charge < -0.3 is 10.5 Å². The molecule has 0 aromatic carbocycles. The fourth-order valence-electron chi connectivity index (χ4n) is 3.12. The Morgan fingerprint density at radius 3 is 2.50 bits per heavy atom. The maximum atomic E-state index is 6.04. The molecule has 0 spiro atoms. The number of nitrogens with two attached hydrogens (primary N) is 1. The van der Waals surface area contributed by atoms with Crippen LogP contribution in [0.3, 0.4) is 0 Å². The molecule has 0 aromatic rings. The van der Waals surface area contributed by atoms with Crippen LogP contribution in [-0.4, -0.2) is 18.2 Å². The average Bonchev–Trinajstić information content (AvgIpc) is 2.19. The molecule has 0 amide bonds. The minimum absolute atomic E-state index is 0.0953. The van der Waals surface area contributed by atoms with E-state index in [1.807, 2.05) is 0 Å². The molecule has 1 saturated carbocycles. The first kappa shape index (κ1) is 10.4. The largest absolute Gasteiger partial charge is 0.375 e. The summed E-state index contributed by atoms with van der Waals surface area (Å²) >= 11 is 0. The van der Waals surface area contributed by atoms with Crippen molar-refractivity contribution in [2.24, 2.45) is 11.7 Å². The Kier molecular flexibility index (Phi) is 3.13. The quantitative estimate of drug-likeness (QED) is 0.701. The van der Waals surface area contributed by atoms with Crippen molar-refractivity contribution in [3.05, 3.63) is 0 Å². The van der Waals surface area contributed by atoms with Crippen LogP contribution in [0.25, 0.3) is 0 Å². The highest BCUT2D eigenvalue weighted by molar-refractivity contribution is 4.91. The van der Waals surface area contributed by atoms with E-state index in [2.05, 4.69) is 6.92 Å². The van der Waals surface area contributed by atoms with E-state index in [1.54, 1.807) is 0 Å². The highest BCUT2D eigenvalue weighted by Gasteiger charge is 2.39. The summed E-state index contributed by atoms with van der Waals surface area (Å²) in [6.45, 7) is 3.15. The lowest BCUT2D eigenvalue weighted by atomic mass is 9.74. The SMILES string of the molecule is CC1(C2CCCCC2)CC(N)CCO1. The van der Waals surface area contributed by atoms with E-state index in [9.17, 15) is 0 Å². The Balaban J connectivity index is 1.98. The highest BCUT2D eigenvalue weighted by Crippen LogP contribution is 2.39. The first-order chi connectivity index (χ1) is 6.71. The van der Waals surface area contributed by atoms with Crippen LogP contribution in [-0.2, 0) is 4.74 Å². The molecule has 2 heteroatoms. The fourth-order valence-corrected chi connectivity index (χ4v) is 3.12. The molecule has 2 atom stereocenters. The van der Waals surface area contributed by atoms with Gasteiger partial charge in [-0.05, 0) is 38.5 Å². The first-order valence-electron chi connectivity index (χ1n) is 6.10. The zero-order valence-electron chi connectivity index (χ0n) is 9.30. The van der Waals surface area contributed by atoms with Crippen molar-refractivity contribution >= 4 is 0 Å². The highest BCUT2D eigenvalue weighted by atomic mass is 16.5. The maximum Gasteiger partial charge on any atom is 0.0697 e. The summed E-state index contributed by atoms with van der Waals surface area (Å²) in [4.78, 5) is 0. The van der Waals surface area contributed by atoms with Crippen LogP contribution in [0.4, 0.5) is 0 Å². The number of hydrogen-bond donors (Lipinski definition) is 1. The molecule has 2 rings (SSSR count). The Morgan fingerprint density at radius 1 is 1.14 bits per heavy atom. The van der Waals surface area contributed by atoms with Crippen LogP contribution in [0.1, 0.15) is 51.9 Å². The topological polar surface area (TPSA) is 35.2 Å². The summed E-state index contributed by atoms with van der Waals surface area (Å²) in [5.74, 6) is 0.766. The molecule has 1 aliphatic carbocycles. The second-order valence-corrected chi connectivity index (χ2v) is 5.25. The minimum Gasteiger partial charge on any atom is -0.375 e. The van der Waals surface area contributed by atoms with Gasteiger partial charge >= 0.3 is 0 Å². The van der Waals surface area contributed by atoms with Crippen molar-refractivity contribution in [2.45, 2.75) is 63.5 Å². The van der Waals surface area contributed by atoms with Crippen LogP contribution >= 0.6 is 0 Å². The predicted octanol–water partition coefficient (Wildman–Crippen LogP) is 2.46. The molecule has 1 aliphatic heterocycles. The number of hydrogen-bond acceptors (Lipinski definition) is 2. The summed E-state index contributed by atoms with van der Waals surface area (Å²) in [6, 6.07) is 0.371. The second kappa shape index (κ2) is 4.19. The van der Waals surface area contributed by atoms with Gasteiger partial charge in [0.25, 0.3) is 0 Å². The van der Waals surface area contributed by atoms with Gasteiger partial charge in [0.05, 0.1) is 5.60 Å². The third kappa shape index (κ3) is 2.12. The van der Waals surface area contributed by atoms with Gasteiger partial charge in [0, 0.05) is 12.6 Å². The Labute approximate surface area is 87.2 Å². The number of ether oxygens (including phenoxy) is 1. The van der Waals surface area contributed by atoms with Crippen molar-refractivity contribution < 1.29 is 4.74 Å². The van der Waals surface area contributed by atoms with Gasteiger partial charge in [-0.15, -0.1) is 0 Å². The van der Waals surface area contributed by atoms with Gasteiger partial charge in [-0.1, -0.05) is 19.3 Å². The van der Waals surface area contributed by atoms with Crippen molar-refractivity contribution in [3.63, 3.8) is 0 Å². The van der Waals surface area contributed by atoms with Crippen LogP contribution in [0.2, 0.25) is 0 Å². The zero-order chi connectivity index (χ0) is 10.0. The van der Waals surface area contributed by atoms with Gasteiger partial charge in [-0.25, -0.2) is 0 Å². The predicted molar refractivity (Wildman–Crippen MR) is 58.1 cm³/mol. The zero-order valence-corrected chi connectivity index (χ0v) is 9.30. The van der Waals surface area contributed by atoms with E-state index in [-0.39, 0.29) is 5.60 Å². The Morgan fingerprint density at radius 2 is 1.86 bits per heavy atom. The van der Waals surface area contributed by atoms with E-state index < -0.39 is 0 Å². The fraction of sp³-hybridized carbons (Fsp3) is 1.00. The van der Waals surface area contributed by atoms with Gasteiger partial charge in [0.2, 0.25) is 0 Å². The molecular formula is C12H23NO. The molecule has 82 valence electrons. The van der Waals surface area contributed by atoms with Gasteiger partial charge in [-0.2, -0.15) is 0 Å². The number of rotatable bonds is 1. The van der Waals surface area contributed by atoms with Gasteiger partial charge in [-0.3, -0.25) is 0 Å². The average molecular weight is 197 g/mol. The second-order valence-electron chi connectivity index (χ2n) is 5.25. The molecule has 1 heterocycles. The normalized spacial score (nSPS) is 41.1. The van der Waals surface area contributed by atoms with Crippen molar-refractivity contribution in [1.29, 1.82) is 0 Å². The van der Waals surface area contributed by atoms with E-state index in [1.165, 1.54) is 32.1 Å². The molecule has 1 saturated heterocycles. The summed E-state index contributed by atoms with van der Waals surface area (Å²) in [6.07, 6.45) is 9.00. The Hall–Kier alpha value is -0.0800. The molecule has 14 heavy (non-hydrogen) atoms. The lowest BCUT2D eigenvalue weighted by Crippen LogP contribution is -2.48. The molecule has 2 unspecified atom stereocenters. The van der Waals surface area contributed by atoms with Crippen LogP contribution < -0.4 is 5.73 Å². The minimum atomic E-state index is 0.0953. The Bertz CT molecular complexity index is 189.